The fraction of sp³-hybridized carbons (Fsp3) is 0. The first kappa shape index (κ1) is 14.6. The number of benzene rings is 2. The number of rotatable bonds is 3. The second kappa shape index (κ2) is 6.12. The molecule has 0 saturated carbocycles. The molecule has 0 fully saturated rings. The van der Waals surface area contributed by atoms with Crippen molar-refractivity contribution in [2.45, 2.75) is 0 Å². The number of nitriles is 1. The number of phenols is 2. The number of carbonyl (C=O) groups is 1. The van der Waals surface area contributed by atoms with Crippen LogP contribution in [0.25, 0.3) is 6.08 Å². The van der Waals surface area contributed by atoms with E-state index in [1.807, 2.05) is 0 Å². The summed E-state index contributed by atoms with van der Waals surface area (Å²) in [4.78, 5) is 12.2. The van der Waals surface area contributed by atoms with Gasteiger partial charge in [0.25, 0.3) is 0 Å². The molecule has 0 unspecified atom stereocenters. The van der Waals surface area contributed by atoms with Crippen molar-refractivity contribution in [1.29, 1.82) is 5.26 Å². The molecule has 0 aliphatic carbocycles. The molecule has 2 aromatic rings. The Morgan fingerprint density at radius 2 is 1.81 bits per heavy atom. The van der Waals surface area contributed by atoms with Crippen LogP contribution in [0.15, 0.2) is 48.0 Å². The molecule has 2 aromatic carbocycles. The summed E-state index contributed by atoms with van der Waals surface area (Å²) in [6.07, 6.45) is 1.39. The minimum Gasteiger partial charge on any atom is -0.508 e. The van der Waals surface area contributed by atoms with Gasteiger partial charge in [-0.05, 0) is 42.0 Å². The maximum absolute atomic E-state index is 12.2. The molecule has 0 heterocycles. The Balaban J connectivity index is 2.41. The van der Waals surface area contributed by atoms with Gasteiger partial charge in [-0.15, -0.1) is 0 Å². The normalized spacial score (nSPS) is 11.0. The van der Waals surface area contributed by atoms with Crippen LogP contribution in [-0.2, 0) is 0 Å². The van der Waals surface area contributed by atoms with Gasteiger partial charge in [-0.2, -0.15) is 5.26 Å². The highest BCUT2D eigenvalue weighted by atomic mass is 35.5. The van der Waals surface area contributed by atoms with Crippen LogP contribution in [0.5, 0.6) is 11.5 Å². The van der Waals surface area contributed by atoms with Crippen molar-refractivity contribution >= 4 is 23.5 Å². The molecule has 5 heteroatoms. The van der Waals surface area contributed by atoms with Crippen LogP contribution in [0.1, 0.15) is 15.9 Å². The van der Waals surface area contributed by atoms with E-state index in [0.717, 1.165) is 6.07 Å². The van der Waals surface area contributed by atoms with Crippen LogP contribution in [-0.4, -0.2) is 16.0 Å². The van der Waals surface area contributed by atoms with Gasteiger partial charge in [-0.25, -0.2) is 0 Å². The Labute approximate surface area is 126 Å². The van der Waals surface area contributed by atoms with Gasteiger partial charge in [0.2, 0.25) is 5.78 Å². The molecule has 4 nitrogen and oxygen atoms in total. The van der Waals surface area contributed by atoms with E-state index in [0.29, 0.717) is 10.6 Å². The number of allylic oxidation sites excluding steroid dienone is 1. The maximum Gasteiger partial charge on any atom is 0.207 e. The highest BCUT2D eigenvalue weighted by molar-refractivity contribution is 6.30. The summed E-state index contributed by atoms with van der Waals surface area (Å²) in [7, 11) is 0. The first-order valence-corrected chi connectivity index (χ1v) is 6.33. The van der Waals surface area contributed by atoms with Crippen molar-refractivity contribution in [3.63, 3.8) is 0 Å². The average molecular weight is 300 g/mol. The number of aromatic hydroxyl groups is 2. The summed E-state index contributed by atoms with van der Waals surface area (Å²) in [5.74, 6) is -1.13. The van der Waals surface area contributed by atoms with Crippen LogP contribution >= 0.6 is 11.6 Å². The standard InChI is InChI=1S/C16H10ClNO3/c17-12-3-1-10(2-4-12)7-11(9-18)16(21)14-8-13(19)5-6-15(14)20/h1-8,19-20H/b11-7-. The molecule has 0 amide bonds. The van der Waals surface area contributed by atoms with Gasteiger partial charge in [0, 0.05) is 5.02 Å². The molecule has 21 heavy (non-hydrogen) atoms. The van der Waals surface area contributed by atoms with E-state index in [2.05, 4.69) is 0 Å². The molecule has 0 atom stereocenters. The summed E-state index contributed by atoms with van der Waals surface area (Å²) in [6.45, 7) is 0. The number of nitrogens with zero attached hydrogens (tertiary/aromatic N) is 1. The second-order valence-corrected chi connectivity index (χ2v) is 4.69. The molecule has 0 aromatic heterocycles. The van der Waals surface area contributed by atoms with E-state index in [1.54, 1.807) is 30.3 Å². The summed E-state index contributed by atoms with van der Waals surface area (Å²) in [5, 5.41) is 28.7. The molecule has 104 valence electrons. The van der Waals surface area contributed by atoms with Crippen LogP contribution in [0.4, 0.5) is 0 Å². The predicted octanol–water partition coefficient (Wildman–Crippen LogP) is 3.54. The quantitative estimate of drug-likeness (QED) is 0.393. The van der Waals surface area contributed by atoms with Gasteiger partial charge in [0.05, 0.1) is 5.56 Å². The fourth-order valence-electron chi connectivity index (χ4n) is 1.73. The van der Waals surface area contributed by atoms with Crippen molar-refractivity contribution in [3.05, 3.63) is 64.2 Å². The van der Waals surface area contributed by atoms with E-state index in [-0.39, 0.29) is 22.6 Å². The summed E-state index contributed by atoms with van der Waals surface area (Å²) < 4.78 is 0. The summed E-state index contributed by atoms with van der Waals surface area (Å²) in [6, 6.07) is 12.0. The van der Waals surface area contributed by atoms with Crippen molar-refractivity contribution in [3.8, 4) is 17.6 Å². The van der Waals surface area contributed by atoms with E-state index in [9.17, 15) is 15.0 Å². The number of Topliss-reactive ketones (excluding diaryl/α,β-unsaturated/α-hetero) is 1. The Hall–Kier alpha value is -2.77. The van der Waals surface area contributed by atoms with Gasteiger partial charge in [0.15, 0.2) is 0 Å². The van der Waals surface area contributed by atoms with Crippen LogP contribution in [0.3, 0.4) is 0 Å². The number of hydrogen-bond donors (Lipinski definition) is 2. The molecule has 0 aliphatic heterocycles. The molecule has 2 N–H and O–H groups in total. The Morgan fingerprint density at radius 1 is 1.14 bits per heavy atom. The molecule has 0 saturated heterocycles. The predicted molar refractivity (Wildman–Crippen MR) is 79.1 cm³/mol. The number of hydrogen-bond acceptors (Lipinski definition) is 4. The topological polar surface area (TPSA) is 81.3 Å². The SMILES string of the molecule is N#C/C(=C/c1ccc(Cl)cc1)C(=O)c1cc(O)ccc1O. The minimum absolute atomic E-state index is 0.128. The van der Waals surface area contributed by atoms with E-state index in [1.165, 1.54) is 18.2 Å². The van der Waals surface area contributed by atoms with Gasteiger partial charge in [0.1, 0.15) is 23.1 Å². The third-order valence-electron chi connectivity index (χ3n) is 2.77. The summed E-state index contributed by atoms with van der Waals surface area (Å²) >= 11 is 5.77. The molecule has 0 spiro atoms. The second-order valence-electron chi connectivity index (χ2n) is 4.25. The zero-order chi connectivity index (χ0) is 15.4. The number of halogens is 1. The van der Waals surface area contributed by atoms with E-state index < -0.39 is 5.78 Å². The third kappa shape index (κ3) is 3.41. The van der Waals surface area contributed by atoms with Crippen molar-refractivity contribution in [1.82, 2.24) is 0 Å². The lowest BCUT2D eigenvalue weighted by Crippen LogP contribution is -2.02. The minimum atomic E-state index is -0.666. The smallest absolute Gasteiger partial charge is 0.207 e. The molecule has 0 aliphatic rings. The van der Waals surface area contributed by atoms with Crippen LogP contribution in [0.2, 0.25) is 5.02 Å². The van der Waals surface area contributed by atoms with Crippen molar-refractivity contribution < 1.29 is 15.0 Å². The number of ketones is 1. The van der Waals surface area contributed by atoms with Gasteiger partial charge in [-0.1, -0.05) is 23.7 Å². The van der Waals surface area contributed by atoms with E-state index in [4.69, 9.17) is 16.9 Å². The molecular formula is C16H10ClNO3. The maximum atomic E-state index is 12.2. The lowest BCUT2D eigenvalue weighted by molar-refractivity contribution is 0.103. The van der Waals surface area contributed by atoms with Crippen LogP contribution in [0, 0.1) is 11.3 Å². The highest BCUT2D eigenvalue weighted by Gasteiger charge is 2.16. The molecule has 0 radical (unpaired) electrons. The van der Waals surface area contributed by atoms with E-state index >= 15 is 0 Å². The first-order valence-electron chi connectivity index (χ1n) is 5.95. The first-order chi connectivity index (χ1) is 10.0. The number of carbonyl (C=O) groups excluding carboxylic acids is 1. The lowest BCUT2D eigenvalue weighted by Gasteiger charge is -2.04. The zero-order valence-electron chi connectivity index (χ0n) is 10.7. The van der Waals surface area contributed by atoms with Crippen LogP contribution < -0.4 is 0 Å². The van der Waals surface area contributed by atoms with Gasteiger partial charge >= 0.3 is 0 Å². The Kier molecular flexibility index (Phi) is 4.27. The Morgan fingerprint density at radius 3 is 2.43 bits per heavy atom. The Bertz CT molecular complexity index is 758. The monoisotopic (exact) mass is 299 g/mol. The van der Waals surface area contributed by atoms with Gasteiger partial charge < -0.3 is 10.2 Å². The van der Waals surface area contributed by atoms with Crippen molar-refractivity contribution in [2.75, 3.05) is 0 Å². The highest BCUT2D eigenvalue weighted by Crippen LogP contribution is 2.25. The van der Waals surface area contributed by atoms with Gasteiger partial charge in [-0.3, -0.25) is 4.79 Å². The van der Waals surface area contributed by atoms with Crippen molar-refractivity contribution in [2.24, 2.45) is 0 Å². The molecule has 2 rings (SSSR count). The molecular weight excluding hydrogens is 290 g/mol. The number of phenolic OH excluding ortho intramolecular Hbond substituents is 2. The zero-order valence-corrected chi connectivity index (χ0v) is 11.5. The summed E-state index contributed by atoms with van der Waals surface area (Å²) in [5.41, 5.74) is 0.346. The third-order valence-corrected chi connectivity index (χ3v) is 3.02. The largest absolute Gasteiger partial charge is 0.508 e. The fourth-order valence-corrected chi connectivity index (χ4v) is 1.85. The lowest BCUT2D eigenvalue weighted by atomic mass is 10.0. The molecule has 0 bridgehead atoms. The average Bonchev–Trinajstić information content (AvgIpc) is 2.48.